The second-order valence-corrected chi connectivity index (χ2v) is 5.26. The third kappa shape index (κ3) is 2.17. The second-order valence-electron chi connectivity index (χ2n) is 5.26. The molecule has 0 unspecified atom stereocenters. The zero-order chi connectivity index (χ0) is 14.1. The molecule has 100 valence electrons. The Labute approximate surface area is 124 Å². The molecule has 1 aliphatic carbocycles. The van der Waals surface area contributed by atoms with Gasteiger partial charge in [0.15, 0.2) is 0 Å². The summed E-state index contributed by atoms with van der Waals surface area (Å²) in [6.07, 6.45) is 7.41. The van der Waals surface area contributed by atoms with E-state index in [1.807, 2.05) is 0 Å². The molecule has 2 aromatic carbocycles. The van der Waals surface area contributed by atoms with Gasteiger partial charge in [-0.25, -0.2) is 4.98 Å². The molecule has 0 amide bonds. The van der Waals surface area contributed by atoms with Crippen molar-refractivity contribution in [2.75, 3.05) is 0 Å². The molecular formula is C20H15N. The monoisotopic (exact) mass is 269 g/mol. The zero-order valence-corrected chi connectivity index (χ0v) is 11.7. The third-order valence-corrected chi connectivity index (χ3v) is 3.90. The van der Waals surface area contributed by atoms with E-state index < -0.39 is 0 Å². The highest BCUT2D eigenvalue weighted by molar-refractivity contribution is 5.96. The van der Waals surface area contributed by atoms with Gasteiger partial charge in [-0.15, -0.1) is 0 Å². The molecule has 1 aromatic heterocycles. The van der Waals surface area contributed by atoms with E-state index in [2.05, 4.69) is 78.9 Å². The van der Waals surface area contributed by atoms with Gasteiger partial charge < -0.3 is 0 Å². The third-order valence-electron chi connectivity index (χ3n) is 3.90. The van der Waals surface area contributed by atoms with Gasteiger partial charge in [0, 0.05) is 5.39 Å². The lowest BCUT2D eigenvalue weighted by Crippen LogP contribution is -1.92. The number of rotatable bonds is 2. The molecule has 0 aliphatic heterocycles. The Morgan fingerprint density at radius 3 is 2.48 bits per heavy atom. The number of pyridine rings is 1. The van der Waals surface area contributed by atoms with Crippen LogP contribution in [0.1, 0.15) is 12.1 Å². The summed E-state index contributed by atoms with van der Waals surface area (Å²) in [5.74, 6) is 0. The molecule has 21 heavy (non-hydrogen) atoms. The summed E-state index contributed by atoms with van der Waals surface area (Å²) < 4.78 is 0. The van der Waals surface area contributed by atoms with E-state index in [4.69, 9.17) is 4.98 Å². The van der Waals surface area contributed by atoms with Crippen LogP contribution in [-0.4, -0.2) is 4.98 Å². The molecule has 0 spiro atoms. The SMILES string of the molecule is C1=CCC(c2cc(-c3ccccc3)c3ccccc3n2)=C1. The Hall–Kier alpha value is -2.67. The van der Waals surface area contributed by atoms with Crippen molar-refractivity contribution in [2.45, 2.75) is 6.42 Å². The number of hydrogen-bond acceptors (Lipinski definition) is 1. The van der Waals surface area contributed by atoms with Crippen molar-refractivity contribution in [3.63, 3.8) is 0 Å². The Kier molecular flexibility index (Phi) is 2.89. The van der Waals surface area contributed by atoms with Crippen molar-refractivity contribution in [3.05, 3.63) is 84.6 Å². The van der Waals surface area contributed by atoms with Crippen LogP contribution in [0.25, 0.3) is 27.6 Å². The first-order valence-corrected chi connectivity index (χ1v) is 7.23. The predicted octanol–water partition coefficient (Wildman–Crippen LogP) is 5.25. The fraction of sp³-hybridized carbons (Fsp3) is 0.0500. The standard InChI is InChI=1S/C20H15N/c1-2-8-15(9-3-1)18-14-20(16-10-4-5-11-16)21-19-13-7-6-12-17(18)19/h1-10,12-14H,11H2. The highest BCUT2D eigenvalue weighted by Gasteiger charge is 2.11. The summed E-state index contributed by atoms with van der Waals surface area (Å²) in [4.78, 5) is 4.84. The summed E-state index contributed by atoms with van der Waals surface area (Å²) in [6.45, 7) is 0. The average molecular weight is 269 g/mol. The summed E-state index contributed by atoms with van der Waals surface area (Å²) in [7, 11) is 0. The number of allylic oxidation sites excluding steroid dienone is 4. The Balaban J connectivity index is 1.99. The van der Waals surface area contributed by atoms with E-state index in [0.717, 1.165) is 17.6 Å². The Morgan fingerprint density at radius 2 is 1.67 bits per heavy atom. The van der Waals surface area contributed by atoms with E-state index in [1.165, 1.54) is 22.1 Å². The summed E-state index contributed by atoms with van der Waals surface area (Å²) in [6, 6.07) is 21.1. The van der Waals surface area contributed by atoms with Crippen LogP contribution in [0.4, 0.5) is 0 Å². The van der Waals surface area contributed by atoms with Gasteiger partial charge in [-0.05, 0) is 35.3 Å². The molecule has 4 rings (SSSR count). The van der Waals surface area contributed by atoms with Crippen LogP contribution < -0.4 is 0 Å². The fourth-order valence-electron chi connectivity index (χ4n) is 2.83. The van der Waals surface area contributed by atoms with Crippen LogP contribution in [0, 0.1) is 0 Å². The number of para-hydroxylation sites is 1. The second kappa shape index (κ2) is 5.02. The molecule has 0 bridgehead atoms. The van der Waals surface area contributed by atoms with Gasteiger partial charge in [-0.1, -0.05) is 66.8 Å². The van der Waals surface area contributed by atoms with E-state index in [9.17, 15) is 0 Å². The van der Waals surface area contributed by atoms with Crippen LogP contribution >= 0.6 is 0 Å². The molecule has 1 heterocycles. The van der Waals surface area contributed by atoms with Crippen LogP contribution in [0.2, 0.25) is 0 Å². The van der Waals surface area contributed by atoms with Gasteiger partial charge in [0.05, 0.1) is 11.2 Å². The highest BCUT2D eigenvalue weighted by atomic mass is 14.7. The van der Waals surface area contributed by atoms with E-state index >= 15 is 0 Å². The number of benzene rings is 2. The largest absolute Gasteiger partial charge is 0.248 e. The molecular weight excluding hydrogens is 254 g/mol. The van der Waals surface area contributed by atoms with Gasteiger partial charge in [0.25, 0.3) is 0 Å². The minimum atomic E-state index is 0.972. The highest BCUT2D eigenvalue weighted by Crippen LogP contribution is 2.32. The van der Waals surface area contributed by atoms with Crippen molar-refractivity contribution in [1.82, 2.24) is 4.98 Å². The lowest BCUT2D eigenvalue weighted by molar-refractivity contribution is 1.30. The number of nitrogens with zero attached hydrogens (tertiary/aromatic N) is 1. The minimum absolute atomic E-state index is 0.972. The van der Waals surface area contributed by atoms with Gasteiger partial charge in [0.2, 0.25) is 0 Å². The first kappa shape index (κ1) is 12.1. The fourth-order valence-corrected chi connectivity index (χ4v) is 2.83. The van der Waals surface area contributed by atoms with E-state index in [0.29, 0.717) is 0 Å². The number of hydrogen-bond donors (Lipinski definition) is 0. The van der Waals surface area contributed by atoms with Crippen molar-refractivity contribution < 1.29 is 0 Å². The zero-order valence-electron chi connectivity index (χ0n) is 11.7. The molecule has 0 atom stereocenters. The lowest BCUT2D eigenvalue weighted by atomic mass is 9.98. The van der Waals surface area contributed by atoms with Crippen molar-refractivity contribution in [1.29, 1.82) is 0 Å². The smallest absolute Gasteiger partial charge is 0.0715 e. The quantitative estimate of drug-likeness (QED) is 0.619. The van der Waals surface area contributed by atoms with Crippen LogP contribution in [0.15, 0.2) is 78.9 Å². The molecule has 1 nitrogen and oxygen atoms in total. The van der Waals surface area contributed by atoms with Crippen LogP contribution in [0.3, 0.4) is 0 Å². The first-order valence-electron chi connectivity index (χ1n) is 7.23. The minimum Gasteiger partial charge on any atom is -0.248 e. The molecule has 0 N–H and O–H groups in total. The first-order chi connectivity index (χ1) is 10.4. The average Bonchev–Trinajstić information content (AvgIpc) is 3.09. The van der Waals surface area contributed by atoms with Crippen molar-refractivity contribution >= 4 is 16.5 Å². The topological polar surface area (TPSA) is 12.9 Å². The molecule has 0 radical (unpaired) electrons. The van der Waals surface area contributed by atoms with E-state index in [-0.39, 0.29) is 0 Å². The molecule has 1 aliphatic rings. The Morgan fingerprint density at radius 1 is 0.857 bits per heavy atom. The number of fused-ring (bicyclic) bond motifs is 1. The maximum absolute atomic E-state index is 4.84. The summed E-state index contributed by atoms with van der Waals surface area (Å²) >= 11 is 0. The molecule has 0 saturated heterocycles. The van der Waals surface area contributed by atoms with Gasteiger partial charge >= 0.3 is 0 Å². The summed E-state index contributed by atoms with van der Waals surface area (Å²) in [5.41, 5.74) is 5.92. The van der Waals surface area contributed by atoms with Crippen molar-refractivity contribution in [2.24, 2.45) is 0 Å². The number of aromatic nitrogens is 1. The molecule has 0 fully saturated rings. The molecule has 1 heteroatoms. The molecule has 3 aromatic rings. The van der Waals surface area contributed by atoms with Gasteiger partial charge in [0.1, 0.15) is 0 Å². The van der Waals surface area contributed by atoms with Crippen LogP contribution in [-0.2, 0) is 0 Å². The Bertz CT molecular complexity index is 857. The van der Waals surface area contributed by atoms with Gasteiger partial charge in [-0.2, -0.15) is 0 Å². The summed E-state index contributed by atoms with van der Waals surface area (Å²) in [5, 5.41) is 1.21. The molecule has 0 saturated carbocycles. The maximum Gasteiger partial charge on any atom is 0.0715 e. The van der Waals surface area contributed by atoms with Crippen LogP contribution in [0.5, 0.6) is 0 Å². The normalized spacial score (nSPS) is 13.6. The van der Waals surface area contributed by atoms with Crippen molar-refractivity contribution in [3.8, 4) is 11.1 Å². The maximum atomic E-state index is 4.84. The predicted molar refractivity (Wildman–Crippen MR) is 88.9 cm³/mol. The van der Waals surface area contributed by atoms with Gasteiger partial charge in [-0.3, -0.25) is 0 Å². The lowest BCUT2D eigenvalue weighted by Gasteiger charge is -2.10. The van der Waals surface area contributed by atoms with E-state index in [1.54, 1.807) is 0 Å².